The second kappa shape index (κ2) is 5.65. The molecule has 2 unspecified atom stereocenters. The van der Waals surface area contributed by atoms with Crippen molar-refractivity contribution in [3.8, 4) is 11.4 Å². The van der Waals surface area contributed by atoms with Crippen molar-refractivity contribution >= 4 is 11.6 Å². The van der Waals surface area contributed by atoms with E-state index in [4.69, 9.17) is 5.73 Å². The summed E-state index contributed by atoms with van der Waals surface area (Å²) in [5.41, 5.74) is 7.59. The summed E-state index contributed by atoms with van der Waals surface area (Å²) < 4.78 is 0. The fraction of sp³-hybridized carbons (Fsp3) is 0.400. The number of amides is 1. The third kappa shape index (κ3) is 2.95. The minimum atomic E-state index is -0.0839. The van der Waals surface area contributed by atoms with Gasteiger partial charge in [0.1, 0.15) is 5.82 Å². The first-order valence-corrected chi connectivity index (χ1v) is 7.19. The van der Waals surface area contributed by atoms with Gasteiger partial charge in [0.15, 0.2) is 5.82 Å². The van der Waals surface area contributed by atoms with E-state index in [2.05, 4.69) is 20.5 Å². The van der Waals surface area contributed by atoms with Crippen molar-refractivity contribution in [2.75, 3.05) is 5.32 Å². The lowest BCUT2D eigenvalue weighted by atomic mass is 10.0. The van der Waals surface area contributed by atoms with E-state index >= 15 is 0 Å². The summed E-state index contributed by atoms with van der Waals surface area (Å²) >= 11 is 0. The number of carbonyl (C=O) groups is 1. The van der Waals surface area contributed by atoms with Crippen LogP contribution < -0.4 is 11.1 Å². The van der Waals surface area contributed by atoms with Gasteiger partial charge in [0, 0.05) is 17.3 Å². The number of nitrogens with zero attached hydrogens (tertiary/aromatic N) is 2. The normalized spacial score (nSPS) is 21.4. The molecule has 1 fully saturated rings. The molecule has 6 heteroatoms. The zero-order chi connectivity index (χ0) is 14.8. The molecule has 4 N–H and O–H groups in total. The number of nitrogens with one attached hydrogen (secondary N) is 2. The average Bonchev–Trinajstić information content (AvgIpc) is 3.08. The van der Waals surface area contributed by atoms with Gasteiger partial charge in [-0.1, -0.05) is 18.6 Å². The number of H-pyrrole nitrogens is 1. The lowest BCUT2D eigenvalue weighted by molar-refractivity contribution is -0.120. The highest BCUT2D eigenvalue weighted by Crippen LogP contribution is 2.26. The Kier molecular flexibility index (Phi) is 3.70. The first-order valence-electron chi connectivity index (χ1n) is 7.19. The molecule has 1 aromatic heterocycles. The number of hydrogen-bond acceptors (Lipinski definition) is 4. The van der Waals surface area contributed by atoms with Crippen LogP contribution in [0.3, 0.4) is 0 Å². The van der Waals surface area contributed by atoms with Gasteiger partial charge in [-0.3, -0.25) is 9.89 Å². The molecule has 1 amide bonds. The van der Waals surface area contributed by atoms with Gasteiger partial charge < -0.3 is 11.1 Å². The molecule has 0 radical (unpaired) electrons. The number of aromatic amines is 1. The fourth-order valence-electron chi connectivity index (χ4n) is 2.76. The molecule has 1 aliphatic carbocycles. The number of aromatic nitrogens is 3. The van der Waals surface area contributed by atoms with Crippen LogP contribution in [0.15, 0.2) is 24.3 Å². The van der Waals surface area contributed by atoms with E-state index in [1.165, 1.54) is 0 Å². The Bertz CT molecular complexity index is 651. The molecular formula is C15H19N5O. The van der Waals surface area contributed by atoms with Crippen LogP contribution in [0.2, 0.25) is 0 Å². The maximum Gasteiger partial charge on any atom is 0.229 e. The minimum absolute atomic E-state index is 0.00307. The molecule has 0 bridgehead atoms. The monoisotopic (exact) mass is 285 g/mol. The van der Waals surface area contributed by atoms with E-state index < -0.39 is 0 Å². The molecule has 6 nitrogen and oxygen atoms in total. The summed E-state index contributed by atoms with van der Waals surface area (Å²) in [6.07, 6.45) is 2.82. The van der Waals surface area contributed by atoms with Gasteiger partial charge >= 0.3 is 0 Å². The van der Waals surface area contributed by atoms with Gasteiger partial charge in [0.05, 0.1) is 5.92 Å². The Morgan fingerprint density at radius 2 is 2.29 bits per heavy atom. The molecule has 0 saturated heterocycles. The summed E-state index contributed by atoms with van der Waals surface area (Å²) in [5.74, 6) is 1.31. The van der Waals surface area contributed by atoms with Crippen LogP contribution >= 0.6 is 0 Å². The summed E-state index contributed by atoms with van der Waals surface area (Å²) in [6.45, 7) is 1.85. The molecule has 110 valence electrons. The fourth-order valence-corrected chi connectivity index (χ4v) is 2.76. The molecule has 1 aliphatic rings. The number of hydrogen-bond donors (Lipinski definition) is 3. The smallest absolute Gasteiger partial charge is 0.229 e. The lowest BCUT2D eigenvalue weighted by Gasteiger charge is -2.15. The minimum Gasteiger partial charge on any atom is -0.327 e. The largest absolute Gasteiger partial charge is 0.327 e. The van der Waals surface area contributed by atoms with E-state index in [1.807, 2.05) is 31.2 Å². The van der Waals surface area contributed by atoms with Crippen LogP contribution in [0.5, 0.6) is 0 Å². The van der Waals surface area contributed by atoms with Crippen LogP contribution in [0.4, 0.5) is 5.69 Å². The highest BCUT2D eigenvalue weighted by molar-refractivity contribution is 5.93. The van der Waals surface area contributed by atoms with Crippen molar-refractivity contribution in [1.82, 2.24) is 15.2 Å². The van der Waals surface area contributed by atoms with Gasteiger partial charge in [-0.15, -0.1) is 0 Å². The van der Waals surface area contributed by atoms with Crippen LogP contribution in [0.25, 0.3) is 11.4 Å². The van der Waals surface area contributed by atoms with E-state index in [0.717, 1.165) is 36.3 Å². The lowest BCUT2D eigenvalue weighted by Crippen LogP contribution is -2.34. The molecular weight excluding hydrogens is 266 g/mol. The van der Waals surface area contributed by atoms with E-state index in [9.17, 15) is 4.79 Å². The molecule has 1 heterocycles. The van der Waals surface area contributed by atoms with Gasteiger partial charge in [0.2, 0.25) is 5.91 Å². The standard InChI is InChI=1S/C15H19N5O/c1-9-17-14(20-19-9)10-4-2-5-11(8-10)18-15(21)12-6-3-7-13(12)16/h2,4-5,8,12-13H,3,6-7,16H2,1H3,(H,18,21)(H,17,19,20). The highest BCUT2D eigenvalue weighted by atomic mass is 16.1. The topological polar surface area (TPSA) is 96.7 Å². The molecule has 0 aliphatic heterocycles. The predicted molar refractivity (Wildman–Crippen MR) is 80.5 cm³/mol. The first-order chi connectivity index (χ1) is 10.1. The summed E-state index contributed by atoms with van der Waals surface area (Å²) in [5, 5.41) is 9.89. The van der Waals surface area contributed by atoms with E-state index in [0.29, 0.717) is 5.82 Å². The third-order valence-corrected chi connectivity index (χ3v) is 3.89. The van der Waals surface area contributed by atoms with Crippen molar-refractivity contribution in [1.29, 1.82) is 0 Å². The van der Waals surface area contributed by atoms with E-state index in [1.54, 1.807) is 0 Å². The van der Waals surface area contributed by atoms with Crippen molar-refractivity contribution in [2.45, 2.75) is 32.2 Å². The zero-order valence-corrected chi connectivity index (χ0v) is 12.0. The molecule has 2 aromatic rings. The van der Waals surface area contributed by atoms with Gasteiger partial charge in [0.25, 0.3) is 0 Å². The summed E-state index contributed by atoms with van der Waals surface area (Å²) in [6, 6.07) is 7.51. The van der Waals surface area contributed by atoms with Crippen LogP contribution in [-0.4, -0.2) is 27.1 Å². The van der Waals surface area contributed by atoms with Crippen molar-refractivity contribution < 1.29 is 4.79 Å². The molecule has 2 atom stereocenters. The quantitative estimate of drug-likeness (QED) is 0.801. The van der Waals surface area contributed by atoms with Crippen molar-refractivity contribution in [2.24, 2.45) is 11.7 Å². The van der Waals surface area contributed by atoms with E-state index in [-0.39, 0.29) is 17.9 Å². The molecule has 21 heavy (non-hydrogen) atoms. The Morgan fingerprint density at radius 1 is 1.43 bits per heavy atom. The number of aryl methyl sites for hydroxylation is 1. The third-order valence-electron chi connectivity index (χ3n) is 3.89. The number of benzene rings is 1. The van der Waals surface area contributed by atoms with Crippen molar-refractivity contribution in [3.05, 3.63) is 30.1 Å². The van der Waals surface area contributed by atoms with Crippen LogP contribution in [0, 0.1) is 12.8 Å². The van der Waals surface area contributed by atoms with Gasteiger partial charge in [-0.2, -0.15) is 5.10 Å². The maximum absolute atomic E-state index is 12.2. The second-order valence-corrected chi connectivity index (χ2v) is 5.52. The van der Waals surface area contributed by atoms with Crippen molar-refractivity contribution in [3.63, 3.8) is 0 Å². The Hall–Kier alpha value is -2.21. The first kappa shape index (κ1) is 13.8. The molecule has 1 saturated carbocycles. The van der Waals surface area contributed by atoms with Crippen LogP contribution in [-0.2, 0) is 4.79 Å². The van der Waals surface area contributed by atoms with Gasteiger partial charge in [-0.05, 0) is 31.9 Å². The highest BCUT2D eigenvalue weighted by Gasteiger charge is 2.30. The Balaban J connectivity index is 1.76. The number of carbonyl (C=O) groups excluding carboxylic acids is 1. The number of anilines is 1. The average molecular weight is 285 g/mol. The van der Waals surface area contributed by atoms with Gasteiger partial charge in [-0.25, -0.2) is 4.98 Å². The Morgan fingerprint density at radius 3 is 2.95 bits per heavy atom. The summed E-state index contributed by atoms with van der Waals surface area (Å²) in [7, 11) is 0. The molecule has 1 aromatic carbocycles. The molecule has 0 spiro atoms. The zero-order valence-electron chi connectivity index (χ0n) is 12.0. The second-order valence-electron chi connectivity index (χ2n) is 5.52. The SMILES string of the molecule is Cc1nc(-c2cccc(NC(=O)C3CCCC3N)c2)n[nH]1. The number of nitrogens with two attached hydrogens (primary N) is 1. The van der Waals surface area contributed by atoms with Crippen LogP contribution in [0.1, 0.15) is 25.1 Å². The predicted octanol–water partition coefficient (Wildman–Crippen LogP) is 1.85. The number of rotatable bonds is 3. The molecule has 3 rings (SSSR count). The Labute approximate surface area is 123 Å². The maximum atomic E-state index is 12.2. The summed E-state index contributed by atoms with van der Waals surface area (Å²) in [4.78, 5) is 16.5.